The highest BCUT2D eigenvalue weighted by molar-refractivity contribution is 5.87. The van der Waals surface area contributed by atoms with Gasteiger partial charge in [0.1, 0.15) is 11.5 Å². The molecule has 1 aliphatic heterocycles. The van der Waals surface area contributed by atoms with Crippen molar-refractivity contribution in [3.05, 3.63) is 29.8 Å². The molecule has 4 heteroatoms. The Bertz CT molecular complexity index is 425. The molecule has 0 amide bonds. The molecular formula is C14H19NO3. The van der Waals surface area contributed by atoms with E-state index >= 15 is 0 Å². The van der Waals surface area contributed by atoms with Gasteiger partial charge in [-0.2, -0.15) is 0 Å². The summed E-state index contributed by atoms with van der Waals surface area (Å²) in [5.74, 6) is 0.341. The van der Waals surface area contributed by atoms with Crippen molar-refractivity contribution in [2.24, 2.45) is 11.1 Å². The fourth-order valence-electron chi connectivity index (χ4n) is 2.40. The van der Waals surface area contributed by atoms with Crippen molar-refractivity contribution >= 4 is 5.78 Å². The molecule has 0 radical (unpaired) electrons. The standard InChI is InChI=1S/C14H19NO3/c15-10-14(4-6-18-7-5-14)13(17)9-11-2-1-3-12(16)8-11/h1-3,8,16H,4-7,9-10,15H2. The van der Waals surface area contributed by atoms with Crippen LogP contribution in [0.4, 0.5) is 0 Å². The molecule has 1 fully saturated rings. The molecule has 0 aromatic heterocycles. The van der Waals surface area contributed by atoms with Crippen molar-refractivity contribution in [3.8, 4) is 5.75 Å². The summed E-state index contributed by atoms with van der Waals surface area (Å²) in [6.45, 7) is 1.57. The summed E-state index contributed by atoms with van der Waals surface area (Å²) in [7, 11) is 0. The predicted molar refractivity (Wildman–Crippen MR) is 68.4 cm³/mol. The van der Waals surface area contributed by atoms with E-state index < -0.39 is 5.41 Å². The van der Waals surface area contributed by atoms with E-state index in [1.54, 1.807) is 18.2 Å². The smallest absolute Gasteiger partial charge is 0.144 e. The number of ketones is 1. The second-order valence-corrected chi connectivity index (χ2v) is 4.87. The molecule has 1 aromatic carbocycles. The molecule has 4 nitrogen and oxygen atoms in total. The number of phenolic OH excluding ortho intramolecular Hbond substituents is 1. The van der Waals surface area contributed by atoms with Crippen LogP contribution >= 0.6 is 0 Å². The van der Waals surface area contributed by atoms with Crippen molar-refractivity contribution < 1.29 is 14.6 Å². The van der Waals surface area contributed by atoms with E-state index in [2.05, 4.69) is 0 Å². The lowest BCUT2D eigenvalue weighted by Gasteiger charge is -2.34. The van der Waals surface area contributed by atoms with Crippen molar-refractivity contribution in [1.82, 2.24) is 0 Å². The number of Topliss-reactive ketones (excluding diaryl/α,β-unsaturated/α-hetero) is 1. The van der Waals surface area contributed by atoms with Gasteiger partial charge in [0.25, 0.3) is 0 Å². The van der Waals surface area contributed by atoms with E-state index in [1.807, 2.05) is 6.07 Å². The summed E-state index contributed by atoms with van der Waals surface area (Å²) >= 11 is 0. The summed E-state index contributed by atoms with van der Waals surface area (Å²) in [5.41, 5.74) is 6.19. The summed E-state index contributed by atoms with van der Waals surface area (Å²) in [4.78, 5) is 12.4. The van der Waals surface area contributed by atoms with Gasteiger partial charge in [0.2, 0.25) is 0 Å². The largest absolute Gasteiger partial charge is 0.508 e. The SMILES string of the molecule is NCC1(C(=O)Cc2cccc(O)c2)CCOCC1. The molecular weight excluding hydrogens is 230 g/mol. The molecule has 0 bridgehead atoms. The van der Waals surface area contributed by atoms with E-state index in [-0.39, 0.29) is 11.5 Å². The Labute approximate surface area is 107 Å². The van der Waals surface area contributed by atoms with E-state index in [1.165, 1.54) is 0 Å². The maximum absolute atomic E-state index is 12.4. The van der Waals surface area contributed by atoms with Gasteiger partial charge in [0.05, 0.1) is 0 Å². The average Bonchev–Trinajstić information content (AvgIpc) is 2.39. The molecule has 2 rings (SSSR count). The maximum atomic E-state index is 12.4. The maximum Gasteiger partial charge on any atom is 0.144 e. The van der Waals surface area contributed by atoms with Gasteiger partial charge in [-0.05, 0) is 30.5 Å². The zero-order valence-corrected chi connectivity index (χ0v) is 10.4. The molecule has 1 aliphatic rings. The number of ether oxygens (including phenoxy) is 1. The Morgan fingerprint density at radius 3 is 2.72 bits per heavy atom. The van der Waals surface area contributed by atoms with Gasteiger partial charge in [0, 0.05) is 31.6 Å². The number of hydrogen-bond donors (Lipinski definition) is 2. The Morgan fingerprint density at radius 2 is 2.11 bits per heavy atom. The highest BCUT2D eigenvalue weighted by Gasteiger charge is 2.38. The topological polar surface area (TPSA) is 72.6 Å². The van der Waals surface area contributed by atoms with Crippen molar-refractivity contribution in [1.29, 1.82) is 0 Å². The summed E-state index contributed by atoms with van der Waals surface area (Å²) < 4.78 is 5.30. The Balaban J connectivity index is 2.10. The first-order valence-corrected chi connectivity index (χ1v) is 6.25. The van der Waals surface area contributed by atoms with Crippen LogP contribution in [0.2, 0.25) is 0 Å². The van der Waals surface area contributed by atoms with Gasteiger partial charge < -0.3 is 15.6 Å². The van der Waals surface area contributed by atoms with E-state index in [0.717, 1.165) is 5.56 Å². The molecule has 0 saturated carbocycles. The van der Waals surface area contributed by atoms with E-state index in [4.69, 9.17) is 10.5 Å². The van der Waals surface area contributed by atoms with Gasteiger partial charge >= 0.3 is 0 Å². The third-order valence-electron chi connectivity index (χ3n) is 3.71. The molecule has 1 saturated heterocycles. The number of hydrogen-bond acceptors (Lipinski definition) is 4. The normalized spacial score (nSPS) is 18.5. The van der Waals surface area contributed by atoms with Crippen LogP contribution in [0.1, 0.15) is 18.4 Å². The second-order valence-electron chi connectivity index (χ2n) is 4.87. The molecule has 1 aromatic rings. The van der Waals surface area contributed by atoms with Crippen molar-refractivity contribution in [2.45, 2.75) is 19.3 Å². The van der Waals surface area contributed by atoms with Crippen LogP contribution in [-0.2, 0) is 16.0 Å². The van der Waals surface area contributed by atoms with Crippen molar-refractivity contribution in [3.63, 3.8) is 0 Å². The quantitative estimate of drug-likeness (QED) is 0.842. The van der Waals surface area contributed by atoms with E-state index in [9.17, 15) is 9.90 Å². The summed E-state index contributed by atoms with van der Waals surface area (Å²) in [6, 6.07) is 6.82. The minimum Gasteiger partial charge on any atom is -0.508 e. The Hall–Kier alpha value is -1.39. The monoisotopic (exact) mass is 249 g/mol. The van der Waals surface area contributed by atoms with Crippen LogP contribution < -0.4 is 5.73 Å². The predicted octanol–water partition coefficient (Wildman–Crippen LogP) is 1.26. The van der Waals surface area contributed by atoms with E-state index in [0.29, 0.717) is 39.0 Å². The fourth-order valence-corrected chi connectivity index (χ4v) is 2.40. The number of carbonyl (C=O) groups is 1. The summed E-state index contributed by atoms with van der Waals surface area (Å²) in [5, 5.41) is 9.40. The minimum atomic E-state index is -0.441. The van der Waals surface area contributed by atoms with Crippen LogP contribution in [0.25, 0.3) is 0 Å². The van der Waals surface area contributed by atoms with Crippen LogP contribution in [0.5, 0.6) is 5.75 Å². The molecule has 1 heterocycles. The molecule has 18 heavy (non-hydrogen) atoms. The zero-order chi connectivity index (χ0) is 13.0. The second kappa shape index (κ2) is 5.50. The molecule has 0 spiro atoms. The minimum absolute atomic E-state index is 0.152. The Kier molecular flexibility index (Phi) is 3.99. The third kappa shape index (κ3) is 2.71. The van der Waals surface area contributed by atoms with Crippen LogP contribution in [0.15, 0.2) is 24.3 Å². The van der Waals surface area contributed by atoms with Crippen LogP contribution in [-0.4, -0.2) is 30.6 Å². The van der Waals surface area contributed by atoms with Gasteiger partial charge in [-0.3, -0.25) is 4.79 Å². The third-order valence-corrected chi connectivity index (χ3v) is 3.71. The van der Waals surface area contributed by atoms with Crippen molar-refractivity contribution in [2.75, 3.05) is 19.8 Å². The number of nitrogens with two attached hydrogens (primary N) is 1. The lowest BCUT2D eigenvalue weighted by molar-refractivity contribution is -0.132. The number of aromatic hydroxyl groups is 1. The lowest BCUT2D eigenvalue weighted by atomic mass is 9.74. The zero-order valence-electron chi connectivity index (χ0n) is 10.4. The van der Waals surface area contributed by atoms with Crippen LogP contribution in [0.3, 0.4) is 0 Å². The van der Waals surface area contributed by atoms with Gasteiger partial charge in [-0.1, -0.05) is 12.1 Å². The fraction of sp³-hybridized carbons (Fsp3) is 0.500. The number of carbonyl (C=O) groups excluding carboxylic acids is 1. The molecule has 0 unspecified atom stereocenters. The average molecular weight is 249 g/mol. The van der Waals surface area contributed by atoms with Gasteiger partial charge in [0.15, 0.2) is 0 Å². The molecule has 98 valence electrons. The molecule has 0 aliphatic carbocycles. The highest BCUT2D eigenvalue weighted by Crippen LogP contribution is 2.31. The first-order chi connectivity index (χ1) is 8.66. The lowest BCUT2D eigenvalue weighted by Crippen LogP contribution is -2.44. The van der Waals surface area contributed by atoms with Crippen LogP contribution in [0, 0.1) is 5.41 Å². The first kappa shape index (κ1) is 13.1. The number of rotatable bonds is 4. The molecule has 0 atom stereocenters. The van der Waals surface area contributed by atoms with Gasteiger partial charge in [-0.25, -0.2) is 0 Å². The molecule has 3 N–H and O–H groups in total. The highest BCUT2D eigenvalue weighted by atomic mass is 16.5. The first-order valence-electron chi connectivity index (χ1n) is 6.25. The summed E-state index contributed by atoms with van der Waals surface area (Å²) in [6.07, 6.45) is 1.72. The van der Waals surface area contributed by atoms with Gasteiger partial charge in [-0.15, -0.1) is 0 Å². The Morgan fingerprint density at radius 1 is 1.39 bits per heavy atom. The number of phenols is 1. The number of benzene rings is 1.